The number of amides is 1. The van der Waals surface area contributed by atoms with Crippen LogP contribution < -0.4 is 0 Å². The zero-order chi connectivity index (χ0) is 21.1. The van der Waals surface area contributed by atoms with E-state index in [-0.39, 0.29) is 16.8 Å². The molecule has 6 nitrogen and oxygen atoms in total. The summed E-state index contributed by atoms with van der Waals surface area (Å²) in [5.74, 6) is 0.565. The highest BCUT2D eigenvalue weighted by atomic mass is 32.2. The van der Waals surface area contributed by atoms with Crippen molar-refractivity contribution in [3.05, 3.63) is 65.7 Å². The number of amidine groups is 1. The first kappa shape index (κ1) is 21.1. The average Bonchev–Trinajstić information content (AvgIpc) is 3.47. The summed E-state index contributed by atoms with van der Waals surface area (Å²) in [6.07, 6.45) is 1.75. The lowest BCUT2D eigenvalue weighted by Gasteiger charge is -2.19. The number of nitrogens with zero attached hydrogens (tertiary/aromatic N) is 3. The van der Waals surface area contributed by atoms with E-state index < -0.39 is 10.0 Å². The van der Waals surface area contributed by atoms with Gasteiger partial charge in [-0.3, -0.25) is 14.7 Å². The van der Waals surface area contributed by atoms with Gasteiger partial charge in [0.2, 0.25) is 10.0 Å². The number of aliphatic imine (C=N–C) groups is 1. The summed E-state index contributed by atoms with van der Waals surface area (Å²) in [6.45, 7) is 3.65. The Morgan fingerprint density at radius 1 is 1.03 bits per heavy atom. The molecular formula is C22H25N3O3S2. The van der Waals surface area contributed by atoms with E-state index in [0.29, 0.717) is 30.4 Å². The minimum absolute atomic E-state index is 0.0658. The van der Waals surface area contributed by atoms with E-state index in [9.17, 15) is 13.2 Å². The molecular weight excluding hydrogens is 418 g/mol. The molecule has 0 saturated carbocycles. The van der Waals surface area contributed by atoms with Gasteiger partial charge >= 0.3 is 0 Å². The van der Waals surface area contributed by atoms with Gasteiger partial charge in [0.1, 0.15) is 0 Å². The third-order valence-electron chi connectivity index (χ3n) is 5.39. The van der Waals surface area contributed by atoms with Gasteiger partial charge in [0, 0.05) is 31.0 Å². The molecule has 0 N–H and O–H groups in total. The number of hydrogen-bond acceptors (Lipinski definition) is 5. The summed E-state index contributed by atoms with van der Waals surface area (Å²) in [7, 11) is -3.56. The molecule has 0 radical (unpaired) electrons. The molecule has 2 aromatic carbocycles. The number of carbonyl (C=O) groups is 1. The fourth-order valence-corrected chi connectivity index (χ4v) is 6.27. The first-order chi connectivity index (χ1) is 14.5. The van der Waals surface area contributed by atoms with Crippen molar-refractivity contribution in [1.82, 2.24) is 9.21 Å². The number of sulfonamides is 1. The molecule has 1 amide bonds. The Labute approximate surface area is 182 Å². The Kier molecular flexibility index (Phi) is 6.26. The van der Waals surface area contributed by atoms with Gasteiger partial charge in [-0.2, -0.15) is 4.31 Å². The summed E-state index contributed by atoms with van der Waals surface area (Å²) in [5.41, 5.74) is 1.46. The molecule has 0 spiro atoms. The Morgan fingerprint density at radius 2 is 1.77 bits per heavy atom. The third kappa shape index (κ3) is 4.31. The van der Waals surface area contributed by atoms with E-state index in [1.807, 2.05) is 37.3 Å². The quantitative estimate of drug-likeness (QED) is 0.705. The molecule has 4 rings (SSSR count). The van der Waals surface area contributed by atoms with E-state index in [4.69, 9.17) is 4.99 Å². The summed E-state index contributed by atoms with van der Waals surface area (Å²) in [6, 6.07) is 16.3. The van der Waals surface area contributed by atoms with Crippen LogP contribution in [-0.2, 0) is 10.0 Å². The molecule has 2 fully saturated rings. The van der Waals surface area contributed by atoms with Crippen molar-refractivity contribution in [3.8, 4) is 0 Å². The van der Waals surface area contributed by atoms with Gasteiger partial charge in [0.05, 0.1) is 10.9 Å². The van der Waals surface area contributed by atoms with Crippen LogP contribution in [0.25, 0.3) is 0 Å². The normalized spacial score (nSPS) is 20.0. The molecule has 2 aromatic rings. The van der Waals surface area contributed by atoms with E-state index in [0.717, 1.165) is 24.2 Å². The molecule has 2 heterocycles. The zero-order valence-electron chi connectivity index (χ0n) is 16.9. The lowest BCUT2D eigenvalue weighted by atomic mass is 10.1. The lowest BCUT2D eigenvalue weighted by Crippen LogP contribution is -2.32. The molecule has 8 heteroatoms. The summed E-state index contributed by atoms with van der Waals surface area (Å²) in [4.78, 5) is 19.8. The number of rotatable bonds is 5. The van der Waals surface area contributed by atoms with Gasteiger partial charge in [-0.25, -0.2) is 8.42 Å². The Bertz CT molecular complexity index is 1050. The van der Waals surface area contributed by atoms with Crippen LogP contribution >= 0.6 is 11.8 Å². The topological polar surface area (TPSA) is 70.0 Å². The summed E-state index contributed by atoms with van der Waals surface area (Å²) < 4.78 is 27.2. The molecule has 2 saturated heterocycles. The van der Waals surface area contributed by atoms with Crippen LogP contribution in [0, 0.1) is 0 Å². The van der Waals surface area contributed by atoms with Crippen molar-refractivity contribution >= 4 is 32.9 Å². The third-order valence-corrected chi connectivity index (χ3v) is 8.26. The maximum Gasteiger partial charge on any atom is 0.259 e. The smallest absolute Gasteiger partial charge is 0.259 e. The number of benzene rings is 2. The molecule has 30 heavy (non-hydrogen) atoms. The Hall–Kier alpha value is -2.16. The fraction of sp³-hybridized carbons (Fsp3) is 0.364. The van der Waals surface area contributed by atoms with Crippen molar-refractivity contribution in [1.29, 1.82) is 0 Å². The molecule has 158 valence electrons. The molecule has 1 atom stereocenters. The lowest BCUT2D eigenvalue weighted by molar-refractivity contribution is 0.0859. The SMILES string of the molecule is C[C@H](N=C1SCCN1C(=O)c1cccc(S(=O)(=O)N2CCCC2)c1)c1ccccc1. The minimum atomic E-state index is -3.56. The summed E-state index contributed by atoms with van der Waals surface area (Å²) >= 11 is 1.56. The molecule has 0 aromatic heterocycles. The van der Waals surface area contributed by atoms with Crippen molar-refractivity contribution in [2.24, 2.45) is 4.99 Å². The second kappa shape index (κ2) is 8.91. The van der Waals surface area contributed by atoms with Crippen molar-refractivity contribution in [2.75, 3.05) is 25.4 Å². The largest absolute Gasteiger partial charge is 0.287 e. The first-order valence-electron chi connectivity index (χ1n) is 10.1. The molecule has 2 aliphatic heterocycles. The Balaban J connectivity index is 1.57. The van der Waals surface area contributed by atoms with Gasteiger partial charge in [-0.15, -0.1) is 0 Å². The maximum absolute atomic E-state index is 13.2. The predicted octanol–water partition coefficient (Wildman–Crippen LogP) is 3.78. The molecule has 2 aliphatic rings. The second-order valence-corrected chi connectivity index (χ2v) is 10.4. The minimum Gasteiger partial charge on any atom is -0.287 e. The van der Waals surface area contributed by atoms with Crippen LogP contribution in [0.15, 0.2) is 64.5 Å². The molecule has 0 aliphatic carbocycles. The van der Waals surface area contributed by atoms with Crippen molar-refractivity contribution < 1.29 is 13.2 Å². The summed E-state index contributed by atoms with van der Waals surface area (Å²) in [5, 5.41) is 0.684. The van der Waals surface area contributed by atoms with Gasteiger partial charge in [0.25, 0.3) is 5.91 Å². The van der Waals surface area contributed by atoms with Crippen LogP contribution in [0.2, 0.25) is 0 Å². The van der Waals surface area contributed by atoms with Crippen LogP contribution in [0.5, 0.6) is 0 Å². The number of hydrogen-bond donors (Lipinski definition) is 0. The van der Waals surface area contributed by atoms with Crippen LogP contribution in [0.3, 0.4) is 0 Å². The van der Waals surface area contributed by atoms with Crippen LogP contribution in [0.1, 0.15) is 41.7 Å². The highest BCUT2D eigenvalue weighted by molar-refractivity contribution is 8.14. The predicted molar refractivity (Wildman–Crippen MR) is 120 cm³/mol. The van der Waals surface area contributed by atoms with Crippen molar-refractivity contribution in [2.45, 2.75) is 30.7 Å². The standard InChI is InChI=1S/C22H25N3O3S2/c1-17(18-8-3-2-4-9-18)23-22-25(14-15-29-22)21(26)19-10-7-11-20(16-19)30(27,28)24-12-5-6-13-24/h2-4,7-11,16-17H,5-6,12-15H2,1H3/t17-/m0/s1. The number of carbonyl (C=O) groups excluding carboxylic acids is 1. The molecule has 0 bridgehead atoms. The van der Waals surface area contributed by atoms with Crippen LogP contribution in [0.4, 0.5) is 0 Å². The average molecular weight is 444 g/mol. The highest BCUT2D eigenvalue weighted by Gasteiger charge is 2.30. The second-order valence-electron chi connectivity index (χ2n) is 7.44. The van der Waals surface area contributed by atoms with Crippen molar-refractivity contribution in [3.63, 3.8) is 0 Å². The van der Waals surface area contributed by atoms with E-state index in [1.54, 1.807) is 34.9 Å². The fourth-order valence-electron chi connectivity index (χ4n) is 3.69. The molecule has 0 unspecified atom stereocenters. The Morgan fingerprint density at radius 3 is 2.50 bits per heavy atom. The highest BCUT2D eigenvalue weighted by Crippen LogP contribution is 2.27. The monoisotopic (exact) mass is 443 g/mol. The van der Waals surface area contributed by atoms with Gasteiger partial charge < -0.3 is 0 Å². The zero-order valence-corrected chi connectivity index (χ0v) is 18.5. The first-order valence-corrected chi connectivity index (χ1v) is 12.6. The van der Waals surface area contributed by atoms with Gasteiger partial charge in [0.15, 0.2) is 5.17 Å². The van der Waals surface area contributed by atoms with Gasteiger partial charge in [-0.1, -0.05) is 48.2 Å². The van der Waals surface area contributed by atoms with Gasteiger partial charge in [-0.05, 0) is 43.5 Å². The van der Waals surface area contributed by atoms with E-state index in [2.05, 4.69) is 0 Å². The maximum atomic E-state index is 13.2. The van der Waals surface area contributed by atoms with E-state index >= 15 is 0 Å². The van der Waals surface area contributed by atoms with E-state index in [1.165, 1.54) is 10.4 Å². The van der Waals surface area contributed by atoms with Crippen LogP contribution in [-0.4, -0.2) is 54.1 Å². The number of thioether (sulfide) groups is 1.